The Morgan fingerprint density at radius 2 is 1.85 bits per heavy atom. The smallest absolute Gasteiger partial charge is 0.247 e. The molecule has 3 aliphatic rings. The van der Waals surface area contributed by atoms with E-state index < -0.39 is 22.6 Å². The van der Waals surface area contributed by atoms with Crippen molar-refractivity contribution in [2.45, 2.75) is 67.9 Å². The molecule has 0 saturated carbocycles. The Morgan fingerprint density at radius 3 is 2.51 bits per heavy atom. The lowest BCUT2D eigenvalue weighted by Gasteiger charge is -2.37. The summed E-state index contributed by atoms with van der Waals surface area (Å²) in [5.41, 5.74) is 0.787. The van der Waals surface area contributed by atoms with Gasteiger partial charge in [0.15, 0.2) is 0 Å². The zero-order valence-corrected chi connectivity index (χ0v) is 24.0. The lowest BCUT2D eigenvalue weighted by molar-refractivity contribution is -0.142. The Labute approximate surface area is 237 Å². The van der Waals surface area contributed by atoms with Gasteiger partial charge in [0, 0.05) is 43.7 Å². The number of hydrogen-bond acceptors (Lipinski definition) is 5. The van der Waals surface area contributed by atoms with Gasteiger partial charge >= 0.3 is 0 Å². The van der Waals surface area contributed by atoms with Crippen LogP contribution in [0.25, 0.3) is 0 Å². The van der Waals surface area contributed by atoms with Crippen LogP contribution in [-0.4, -0.2) is 81.5 Å². The average molecular weight is 554 g/mol. The number of thioether (sulfide) groups is 1. The minimum atomic E-state index is -0.612. The largest absolute Gasteiger partial charge is 0.396 e. The molecule has 2 unspecified atom stereocenters. The van der Waals surface area contributed by atoms with E-state index in [-0.39, 0.29) is 29.6 Å². The molecule has 0 radical (unpaired) electrons. The second-order valence-electron chi connectivity index (χ2n) is 10.9. The van der Waals surface area contributed by atoms with Gasteiger partial charge in [-0.2, -0.15) is 0 Å². The molecule has 39 heavy (non-hydrogen) atoms. The highest BCUT2D eigenvalue weighted by molar-refractivity contribution is 8.02. The molecule has 7 nitrogen and oxygen atoms in total. The van der Waals surface area contributed by atoms with Gasteiger partial charge in [-0.1, -0.05) is 50.1 Å². The van der Waals surface area contributed by atoms with Gasteiger partial charge in [-0.05, 0) is 44.2 Å². The number of hydrogen-bond donors (Lipinski definition) is 1. The summed E-state index contributed by atoms with van der Waals surface area (Å²) in [6.45, 7) is 11.8. The molecule has 4 rings (SSSR count). The summed E-state index contributed by atoms with van der Waals surface area (Å²) in [4.78, 5) is 48.1. The Kier molecular flexibility index (Phi) is 9.94. The third kappa shape index (κ3) is 5.55. The summed E-state index contributed by atoms with van der Waals surface area (Å²) in [6.07, 6.45) is 9.21. The van der Waals surface area contributed by atoms with Crippen LogP contribution < -0.4 is 4.90 Å². The molecule has 1 N–H and O–H groups in total. The maximum absolute atomic E-state index is 14.3. The van der Waals surface area contributed by atoms with Crippen LogP contribution in [0, 0.1) is 11.8 Å². The number of unbranched alkanes of at least 4 members (excludes halogenated alkanes) is 3. The number of para-hydroxylation sites is 1. The minimum absolute atomic E-state index is 0.00492. The van der Waals surface area contributed by atoms with E-state index >= 15 is 0 Å². The van der Waals surface area contributed by atoms with E-state index in [2.05, 4.69) is 20.1 Å². The van der Waals surface area contributed by atoms with Crippen LogP contribution in [-0.2, 0) is 14.4 Å². The molecule has 3 fully saturated rings. The van der Waals surface area contributed by atoms with E-state index in [1.54, 1.807) is 33.7 Å². The summed E-state index contributed by atoms with van der Waals surface area (Å²) >= 11 is 1.71. The maximum Gasteiger partial charge on any atom is 0.247 e. The molecule has 1 aromatic rings. The van der Waals surface area contributed by atoms with Crippen LogP contribution in [0.3, 0.4) is 0 Å². The van der Waals surface area contributed by atoms with Crippen molar-refractivity contribution in [3.05, 3.63) is 55.6 Å². The number of aliphatic hydroxyl groups excluding tert-OH is 1. The summed E-state index contributed by atoms with van der Waals surface area (Å²) < 4.78 is -0.612. The third-order valence-electron chi connectivity index (χ3n) is 8.46. The molecule has 3 aliphatic heterocycles. The number of carbonyl (C=O) groups excluding carboxylic acids is 3. The van der Waals surface area contributed by atoms with Crippen LogP contribution in [0.1, 0.15) is 51.9 Å². The van der Waals surface area contributed by atoms with Gasteiger partial charge in [-0.25, -0.2) is 0 Å². The van der Waals surface area contributed by atoms with Gasteiger partial charge in [0.1, 0.15) is 6.04 Å². The fourth-order valence-corrected chi connectivity index (χ4v) is 8.97. The first-order chi connectivity index (χ1) is 18.9. The van der Waals surface area contributed by atoms with Crippen LogP contribution in [0.15, 0.2) is 55.6 Å². The van der Waals surface area contributed by atoms with Gasteiger partial charge in [0.25, 0.3) is 0 Å². The zero-order valence-electron chi connectivity index (χ0n) is 23.2. The highest BCUT2D eigenvalue weighted by Crippen LogP contribution is 2.66. The van der Waals surface area contributed by atoms with Crippen molar-refractivity contribution in [3.63, 3.8) is 0 Å². The molecule has 0 aromatic heterocycles. The lowest BCUT2D eigenvalue weighted by Crippen LogP contribution is -2.55. The van der Waals surface area contributed by atoms with E-state index in [0.717, 1.165) is 37.8 Å². The van der Waals surface area contributed by atoms with Gasteiger partial charge in [-0.15, -0.1) is 24.9 Å². The molecular formula is C31H43N3O4S. The van der Waals surface area contributed by atoms with E-state index in [1.807, 2.05) is 35.2 Å². The van der Waals surface area contributed by atoms with Crippen LogP contribution in [0.2, 0.25) is 0 Å². The number of nitrogens with zero attached hydrogens (tertiary/aromatic N) is 3. The second kappa shape index (κ2) is 13.2. The SMILES string of the molecule is C=CCN(CCCCC)C(=O)C1N(CCCCO)C(=O)[C@@H]2[C@@H](C(=O)N(CC=C)c3ccccc3)[C@H]3CCC12S3. The molecule has 3 amide bonds. The van der Waals surface area contributed by atoms with Crippen LogP contribution in [0.5, 0.6) is 0 Å². The first-order valence-electron chi connectivity index (χ1n) is 14.4. The minimum Gasteiger partial charge on any atom is -0.396 e. The van der Waals surface area contributed by atoms with E-state index in [0.29, 0.717) is 39.0 Å². The van der Waals surface area contributed by atoms with E-state index in [9.17, 15) is 19.5 Å². The van der Waals surface area contributed by atoms with Crippen molar-refractivity contribution in [2.75, 3.05) is 37.7 Å². The van der Waals surface area contributed by atoms with Gasteiger partial charge < -0.3 is 19.8 Å². The highest BCUT2D eigenvalue weighted by atomic mass is 32.2. The number of likely N-dealkylation sites (tertiary alicyclic amines) is 1. The molecular weight excluding hydrogens is 510 g/mol. The predicted octanol–water partition coefficient (Wildman–Crippen LogP) is 4.27. The molecule has 8 heteroatoms. The summed E-state index contributed by atoms with van der Waals surface area (Å²) in [5, 5.41) is 9.41. The molecule has 1 spiro atoms. The van der Waals surface area contributed by atoms with Crippen molar-refractivity contribution >= 4 is 35.2 Å². The second-order valence-corrected chi connectivity index (χ2v) is 12.5. The molecule has 2 bridgehead atoms. The number of amides is 3. The fourth-order valence-electron chi connectivity index (χ4n) is 6.76. The van der Waals surface area contributed by atoms with E-state index in [4.69, 9.17) is 0 Å². The zero-order chi connectivity index (χ0) is 28.0. The van der Waals surface area contributed by atoms with Crippen LogP contribution >= 0.6 is 11.8 Å². The number of anilines is 1. The maximum atomic E-state index is 14.3. The molecule has 1 aromatic carbocycles. The first kappa shape index (κ1) is 29.4. The standard InChI is InChI=1S/C31H43N3O4S/c1-4-7-11-20-32(18-5-2)30(38)27-31-17-16-24(39-31)25(26(31)29(37)34(27)21-12-13-22-35)28(36)33(19-6-3)23-14-9-8-10-15-23/h5-6,8-10,14-15,24-27,35H,2-4,7,11-13,16-22H2,1H3/t24-,25+,26+,27?,31?/m1/s1. The Balaban J connectivity index is 1.69. The third-order valence-corrected chi connectivity index (χ3v) is 10.4. The lowest BCUT2D eigenvalue weighted by atomic mass is 9.70. The quantitative estimate of drug-likeness (QED) is 0.259. The summed E-state index contributed by atoms with van der Waals surface area (Å²) in [5.74, 6) is -1.19. The fraction of sp³-hybridized carbons (Fsp3) is 0.581. The Hall–Kier alpha value is -2.58. The molecule has 3 heterocycles. The number of carbonyl (C=O) groups is 3. The van der Waals surface area contributed by atoms with Gasteiger partial charge in [0.05, 0.1) is 16.6 Å². The number of aliphatic hydroxyl groups is 1. The summed E-state index contributed by atoms with van der Waals surface area (Å²) in [6, 6.07) is 8.93. The number of fused-ring (bicyclic) bond motifs is 1. The normalized spacial score (nSPS) is 26.9. The molecule has 212 valence electrons. The van der Waals surface area contributed by atoms with Crippen molar-refractivity contribution in [1.29, 1.82) is 0 Å². The predicted molar refractivity (Wildman–Crippen MR) is 157 cm³/mol. The van der Waals surface area contributed by atoms with Gasteiger partial charge in [-0.3, -0.25) is 14.4 Å². The first-order valence-corrected chi connectivity index (χ1v) is 15.3. The van der Waals surface area contributed by atoms with E-state index in [1.165, 1.54) is 0 Å². The Bertz CT molecular complexity index is 1050. The molecule has 3 saturated heterocycles. The molecule has 0 aliphatic carbocycles. The molecule has 5 atom stereocenters. The monoisotopic (exact) mass is 553 g/mol. The topological polar surface area (TPSA) is 81.2 Å². The Morgan fingerprint density at radius 1 is 1.10 bits per heavy atom. The summed E-state index contributed by atoms with van der Waals surface area (Å²) in [7, 11) is 0. The number of benzene rings is 1. The highest BCUT2D eigenvalue weighted by Gasteiger charge is 2.74. The number of rotatable bonds is 15. The van der Waals surface area contributed by atoms with Crippen molar-refractivity contribution < 1.29 is 19.5 Å². The average Bonchev–Trinajstić information content (AvgIpc) is 3.59. The van der Waals surface area contributed by atoms with Gasteiger partial charge in [0.2, 0.25) is 17.7 Å². The van der Waals surface area contributed by atoms with Crippen molar-refractivity contribution in [3.8, 4) is 0 Å². The van der Waals surface area contributed by atoms with Crippen molar-refractivity contribution in [1.82, 2.24) is 9.80 Å². The van der Waals surface area contributed by atoms with Crippen LogP contribution in [0.4, 0.5) is 5.69 Å². The van der Waals surface area contributed by atoms with Crippen molar-refractivity contribution in [2.24, 2.45) is 11.8 Å².